The van der Waals surface area contributed by atoms with Crippen molar-refractivity contribution >= 4 is 11.8 Å². The van der Waals surface area contributed by atoms with Gasteiger partial charge in [0.15, 0.2) is 5.78 Å². The highest BCUT2D eigenvalue weighted by atomic mass is 16.6. The lowest BCUT2D eigenvalue weighted by atomic mass is 10.00. The molecule has 1 aromatic carbocycles. The van der Waals surface area contributed by atoms with Gasteiger partial charge in [-0.1, -0.05) is 18.2 Å². The molecule has 0 spiro atoms. The largest absolute Gasteiger partial charge is 0.508 e. The highest BCUT2D eigenvalue weighted by molar-refractivity contribution is 5.98. The van der Waals surface area contributed by atoms with Crippen molar-refractivity contribution in [2.45, 2.75) is 38.1 Å². The minimum Gasteiger partial charge on any atom is -0.508 e. The number of ether oxygens (including phenoxy) is 2. The van der Waals surface area contributed by atoms with Crippen LogP contribution in [0.15, 0.2) is 36.4 Å². The zero-order valence-electron chi connectivity index (χ0n) is 13.1. The molecule has 0 radical (unpaired) electrons. The van der Waals surface area contributed by atoms with E-state index in [9.17, 15) is 19.8 Å². The first-order valence-corrected chi connectivity index (χ1v) is 7.73. The van der Waals surface area contributed by atoms with E-state index < -0.39 is 17.8 Å². The van der Waals surface area contributed by atoms with Crippen molar-refractivity contribution in [3.63, 3.8) is 0 Å². The smallest absolute Gasteiger partial charge is 0.342 e. The number of aromatic hydroxyl groups is 2. The third-order valence-electron chi connectivity index (χ3n) is 3.94. The van der Waals surface area contributed by atoms with E-state index >= 15 is 0 Å². The molecule has 6 heteroatoms. The Morgan fingerprint density at radius 1 is 1.17 bits per heavy atom. The zero-order valence-corrected chi connectivity index (χ0v) is 13.1. The van der Waals surface area contributed by atoms with Crippen molar-refractivity contribution in [1.82, 2.24) is 0 Å². The van der Waals surface area contributed by atoms with Crippen molar-refractivity contribution in [2.75, 3.05) is 0 Å². The summed E-state index contributed by atoms with van der Waals surface area (Å²) in [5.41, 5.74) is 0.128. The van der Waals surface area contributed by atoms with Crippen molar-refractivity contribution in [1.29, 1.82) is 0 Å². The quantitative estimate of drug-likeness (QED) is 0.558. The summed E-state index contributed by atoms with van der Waals surface area (Å²) in [5, 5.41) is 19.7. The molecule has 0 unspecified atom stereocenters. The molecule has 126 valence electrons. The maximum Gasteiger partial charge on any atom is 0.342 e. The number of benzene rings is 1. The highest BCUT2D eigenvalue weighted by Gasteiger charge is 2.38. The van der Waals surface area contributed by atoms with E-state index in [0.29, 0.717) is 6.42 Å². The molecule has 2 aliphatic rings. The summed E-state index contributed by atoms with van der Waals surface area (Å²) in [4.78, 5) is 24.4. The molecule has 2 heterocycles. The third kappa shape index (κ3) is 3.65. The summed E-state index contributed by atoms with van der Waals surface area (Å²) < 4.78 is 10.8. The van der Waals surface area contributed by atoms with E-state index in [4.69, 9.17) is 9.47 Å². The Kier molecular flexibility index (Phi) is 4.40. The maximum absolute atomic E-state index is 12.4. The molecule has 1 aromatic rings. The second-order valence-corrected chi connectivity index (χ2v) is 5.98. The van der Waals surface area contributed by atoms with E-state index in [-0.39, 0.29) is 41.3 Å². The second kappa shape index (κ2) is 6.49. The standard InChI is InChI=1S/C18H18O6/c1-10-6-16-15(24-16)5-3-2-4-12(19)7-11-8-13(20)9-14(21)17(11)18(22)23-10/h2-5,8-10,15-16,20-21H,6-7H2,1H3/b4-2+,5-3+/t10-,15-,16-/m1/s1. The van der Waals surface area contributed by atoms with Gasteiger partial charge in [0.2, 0.25) is 0 Å². The summed E-state index contributed by atoms with van der Waals surface area (Å²) in [7, 11) is 0. The average Bonchev–Trinajstić information content (AvgIpc) is 3.19. The molecule has 3 rings (SSSR count). The molecule has 0 aliphatic carbocycles. The average molecular weight is 330 g/mol. The van der Waals surface area contributed by atoms with Gasteiger partial charge < -0.3 is 19.7 Å². The SMILES string of the molecule is C[C@@H]1C[C@H]2O[C@@H]2/C=C/C=C/C(=O)Cc2cc(O)cc(O)c2C(=O)O1. The van der Waals surface area contributed by atoms with Gasteiger partial charge in [-0.3, -0.25) is 4.79 Å². The number of phenols is 2. The number of fused-ring (bicyclic) bond motifs is 2. The molecule has 2 aliphatic heterocycles. The minimum absolute atomic E-state index is 0.0241. The number of allylic oxidation sites excluding steroid dienone is 3. The van der Waals surface area contributed by atoms with Crippen molar-refractivity contribution in [2.24, 2.45) is 0 Å². The molecule has 0 bridgehead atoms. The van der Waals surface area contributed by atoms with Gasteiger partial charge in [-0.25, -0.2) is 4.79 Å². The van der Waals surface area contributed by atoms with E-state index in [1.165, 1.54) is 12.1 Å². The van der Waals surface area contributed by atoms with Crippen LogP contribution < -0.4 is 0 Å². The molecular formula is C18H18O6. The first-order valence-electron chi connectivity index (χ1n) is 7.73. The number of hydrogen-bond acceptors (Lipinski definition) is 6. The van der Waals surface area contributed by atoms with Crippen LogP contribution in [0.5, 0.6) is 11.5 Å². The first kappa shape index (κ1) is 16.3. The van der Waals surface area contributed by atoms with Gasteiger partial charge in [-0.05, 0) is 24.6 Å². The van der Waals surface area contributed by atoms with Gasteiger partial charge in [0.05, 0.1) is 6.10 Å². The molecule has 0 aromatic heterocycles. The van der Waals surface area contributed by atoms with Crippen LogP contribution in [0.1, 0.15) is 29.3 Å². The fourth-order valence-electron chi connectivity index (χ4n) is 2.76. The fourth-order valence-corrected chi connectivity index (χ4v) is 2.76. The maximum atomic E-state index is 12.4. The zero-order chi connectivity index (χ0) is 17.3. The number of esters is 1. The Bertz CT molecular complexity index is 733. The Hall–Kier alpha value is -2.60. The monoisotopic (exact) mass is 330 g/mol. The number of epoxide rings is 1. The van der Waals surface area contributed by atoms with Crippen LogP contribution in [0.3, 0.4) is 0 Å². The molecule has 1 saturated heterocycles. The van der Waals surface area contributed by atoms with E-state index in [0.717, 1.165) is 6.07 Å². The van der Waals surface area contributed by atoms with Crippen LogP contribution in [0.25, 0.3) is 0 Å². The summed E-state index contributed by atoms with van der Waals surface area (Å²) >= 11 is 0. The normalized spacial score (nSPS) is 29.6. The molecule has 0 amide bonds. The Morgan fingerprint density at radius 3 is 2.75 bits per heavy atom. The van der Waals surface area contributed by atoms with Gasteiger partial charge in [0, 0.05) is 18.9 Å². The Balaban J connectivity index is 1.96. The van der Waals surface area contributed by atoms with Crippen molar-refractivity contribution in [3.8, 4) is 11.5 Å². The number of carbonyl (C=O) groups excluding carboxylic acids is 2. The van der Waals surface area contributed by atoms with Crippen LogP contribution in [-0.4, -0.2) is 40.3 Å². The van der Waals surface area contributed by atoms with Gasteiger partial charge in [-0.15, -0.1) is 0 Å². The molecular weight excluding hydrogens is 312 g/mol. The topological polar surface area (TPSA) is 96.4 Å². The van der Waals surface area contributed by atoms with Gasteiger partial charge in [0.25, 0.3) is 0 Å². The van der Waals surface area contributed by atoms with Crippen molar-refractivity contribution < 1.29 is 29.3 Å². The van der Waals surface area contributed by atoms with Crippen LogP contribution in [0.4, 0.5) is 0 Å². The fraction of sp³-hybridized carbons (Fsp3) is 0.333. The summed E-state index contributed by atoms with van der Waals surface area (Å²) in [5.74, 6) is -1.63. The van der Waals surface area contributed by atoms with Crippen LogP contribution >= 0.6 is 0 Å². The Labute approximate surface area is 139 Å². The lowest BCUT2D eigenvalue weighted by Gasteiger charge is -2.15. The summed E-state index contributed by atoms with van der Waals surface area (Å²) in [6, 6.07) is 2.34. The van der Waals surface area contributed by atoms with Gasteiger partial charge in [-0.2, -0.15) is 0 Å². The molecule has 2 N–H and O–H groups in total. The van der Waals surface area contributed by atoms with Crippen LogP contribution in [0.2, 0.25) is 0 Å². The number of rotatable bonds is 0. The highest BCUT2D eigenvalue weighted by Crippen LogP contribution is 2.31. The molecule has 0 saturated carbocycles. The van der Waals surface area contributed by atoms with E-state index in [1.807, 2.05) is 6.08 Å². The number of phenolic OH excluding ortho intramolecular Hbond substituents is 2. The number of cyclic esters (lactones) is 1. The third-order valence-corrected chi connectivity index (χ3v) is 3.94. The lowest BCUT2D eigenvalue weighted by molar-refractivity contribution is -0.114. The first-order chi connectivity index (χ1) is 11.4. The lowest BCUT2D eigenvalue weighted by Crippen LogP contribution is -2.19. The number of ketones is 1. The summed E-state index contributed by atoms with van der Waals surface area (Å²) in [6.07, 6.45) is 6.51. The summed E-state index contributed by atoms with van der Waals surface area (Å²) in [6.45, 7) is 1.74. The van der Waals surface area contributed by atoms with Crippen molar-refractivity contribution in [3.05, 3.63) is 47.6 Å². The molecule has 1 fully saturated rings. The molecule has 3 atom stereocenters. The minimum atomic E-state index is -0.725. The molecule has 6 nitrogen and oxygen atoms in total. The van der Waals surface area contributed by atoms with Crippen LogP contribution in [-0.2, 0) is 20.7 Å². The predicted molar refractivity (Wildman–Crippen MR) is 84.9 cm³/mol. The predicted octanol–water partition coefficient (Wildman–Crippen LogP) is 2.04. The van der Waals surface area contributed by atoms with E-state index in [2.05, 4.69) is 0 Å². The molecule has 24 heavy (non-hydrogen) atoms. The van der Waals surface area contributed by atoms with Gasteiger partial charge >= 0.3 is 5.97 Å². The number of hydrogen-bond donors (Lipinski definition) is 2. The Morgan fingerprint density at radius 2 is 1.96 bits per heavy atom. The number of carbonyl (C=O) groups is 2. The second-order valence-electron chi connectivity index (χ2n) is 5.98. The van der Waals surface area contributed by atoms with Gasteiger partial charge in [0.1, 0.15) is 29.3 Å². The van der Waals surface area contributed by atoms with E-state index in [1.54, 1.807) is 19.1 Å². The van der Waals surface area contributed by atoms with Crippen LogP contribution in [0, 0.1) is 0 Å².